The van der Waals surface area contributed by atoms with Crippen LogP contribution in [0, 0.1) is 0 Å². The zero-order valence-corrected chi connectivity index (χ0v) is 14.4. The van der Waals surface area contributed by atoms with Crippen LogP contribution in [0.4, 0.5) is 0 Å². The van der Waals surface area contributed by atoms with Crippen molar-refractivity contribution in [2.75, 3.05) is 7.11 Å². The fourth-order valence-corrected chi connectivity index (χ4v) is 3.78. The molecule has 2 rings (SSSR count). The van der Waals surface area contributed by atoms with Crippen molar-refractivity contribution in [3.63, 3.8) is 0 Å². The number of allylic oxidation sites excluding steroid dienone is 1. The Morgan fingerprint density at radius 2 is 1.91 bits per heavy atom. The monoisotopic (exact) mass is 382 g/mol. The van der Waals surface area contributed by atoms with Crippen LogP contribution in [-0.4, -0.2) is 15.5 Å². The molecule has 4 nitrogen and oxygen atoms in total. The average Bonchev–Trinajstić information content (AvgIpc) is 2.49. The van der Waals surface area contributed by atoms with Crippen LogP contribution in [0.15, 0.2) is 64.5 Å². The van der Waals surface area contributed by atoms with Gasteiger partial charge in [-0.15, -0.1) is 6.58 Å². The molecule has 0 radical (unpaired) electrons. The van der Waals surface area contributed by atoms with Gasteiger partial charge in [0.1, 0.15) is 4.90 Å². The predicted octanol–water partition coefficient (Wildman–Crippen LogP) is 3.95. The van der Waals surface area contributed by atoms with Gasteiger partial charge in [-0.25, -0.2) is 0 Å². The molecule has 0 unspecified atom stereocenters. The molecule has 22 heavy (non-hydrogen) atoms. The summed E-state index contributed by atoms with van der Waals surface area (Å²) in [5.41, 5.74) is 0.956. The highest BCUT2D eigenvalue weighted by atomic mass is 79.9. The van der Waals surface area contributed by atoms with Crippen molar-refractivity contribution in [3.05, 3.63) is 65.2 Å². The van der Waals surface area contributed by atoms with Crippen LogP contribution in [-0.2, 0) is 16.5 Å². The van der Waals surface area contributed by atoms with Gasteiger partial charge in [0, 0.05) is 4.47 Å². The van der Waals surface area contributed by atoms with E-state index in [9.17, 15) is 8.42 Å². The van der Waals surface area contributed by atoms with E-state index < -0.39 is 10.1 Å². The largest absolute Gasteiger partial charge is 0.493 e. The molecule has 2 aromatic carbocycles. The Morgan fingerprint density at radius 1 is 1.18 bits per heavy atom. The second-order valence-electron chi connectivity index (χ2n) is 4.45. The fourth-order valence-electron chi connectivity index (χ4n) is 1.89. The van der Waals surface area contributed by atoms with Crippen LogP contribution in [0.1, 0.15) is 5.56 Å². The van der Waals surface area contributed by atoms with Crippen molar-refractivity contribution < 1.29 is 17.3 Å². The molecule has 0 N–H and O–H groups in total. The first-order valence-electron chi connectivity index (χ1n) is 6.45. The normalized spacial score (nSPS) is 11.0. The molecule has 0 amide bonds. The average molecular weight is 383 g/mol. The van der Waals surface area contributed by atoms with E-state index in [4.69, 9.17) is 8.92 Å². The van der Waals surface area contributed by atoms with Gasteiger partial charge in [0.25, 0.3) is 0 Å². The number of hydrogen-bond acceptors (Lipinski definition) is 4. The lowest BCUT2D eigenvalue weighted by molar-refractivity contribution is 0.390. The molecule has 0 aliphatic rings. The number of halogens is 1. The molecule has 0 saturated carbocycles. The summed E-state index contributed by atoms with van der Waals surface area (Å²) in [7, 11) is -2.49. The predicted molar refractivity (Wildman–Crippen MR) is 88.9 cm³/mol. The Morgan fingerprint density at radius 3 is 2.55 bits per heavy atom. The number of methoxy groups -OCH3 is 1. The summed E-state index contributed by atoms with van der Waals surface area (Å²) in [5.74, 6) is 0.501. The summed E-state index contributed by atoms with van der Waals surface area (Å²) in [4.78, 5) is 0.0622. The molecular formula is C16H15BrO4S. The minimum Gasteiger partial charge on any atom is -0.493 e. The van der Waals surface area contributed by atoms with Crippen LogP contribution in [0.25, 0.3) is 0 Å². The van der Waals surface area contributed by atoms with Crippen molar-refractivity contribution in [1.29, 1.82) is 0 Å². The third-order valence-electron chi connectivity index (χ3n) is 2.91. The minimum atomic E-state index is -3.95. The van der Waals surface area contributed by atoms with E-state index >= 15 is 0 Å². The number of ether oxygens (including phenoxy) is 1. The lowest BCUT2D eigenvalue weighted by atomic mass is 10.1. The van der Waals surface area contributed by atoms with E-state index in [0.29, 0.717) is 16.6 Å². The van der Waals surface area contributed by atoms with E-state index in [2.05, 4.69) is 22.5 Å². The van der Waals surface area contributed by atoms with Gasteiger partial charge < -0.3 is 8.92 Å². The maximum Gasteiger partial charge on any atom is 0.340 e. The molecule has 0 fully saturated rings. The van der Waals surface area contributed by atoms with Crippen molar-refractivity contribution in [3.8, 4) is 11.5 Å². The Hall–Kier alpha value is -1.79. The van der Waals surface area contributed by atoms with Crippen LogP contribution in [0.5, 0.6) is 11.5 Å². The van der Waals surface area contributed by atoms with Crippen LogP contribution < -0.4 is 8.92 Å². The van der Waals surface area contributed by atoms with Gasteiger partial charge in [-0.05, 0) is 52.2 Å². The first-order valence-corrected chi connectivity index (χ1v) is 8.65. The molecule has 6 heteroatoms. The SMILES string of the molecule is C=CCc1ccc(OS(=O)(=O)c2ccccc2Br)c(OC)c1. The molecule has 0 aliphatic heterocycles. The van der Waals surface area contributed by atoms with E-state index in [0.717, 1.165) is 5.56 Å². The van der Waals surface area contributed by atoms with E-state index in [-0.39, 0.29) is 10.6 Å². The summed E-state index contributed by atoms with van der Waals surface area (Å²) < 4.78 is 35.6. The van der Waals surface area contributed by atoms with Gasteiger partial charge in [0.2, 0.25) is 0 Å². The minimum absolute atomic E-state index is 0.0622. The van der Waals surface area contributed by atoms with Crippen molar-refractivity contribution in [2.45, 2.75) is 11.3 Å². The Bertz CT molecular complexity index is 784. The molecular weight excluding hydrogens is 368 g/mol. The van der Waals surface area contributed by atoms with E-state index in [1.807, 2.05) is 0 Å². The molecule has 0 atom stereocenters. The summed E-state index contributed by atoms with van der Waals surface area (Å²) in [5, 5.41) is 0. The maximum atomic E-state index is 12.4. The molecule has 0 heterocycles. The molecule has 0 saturated heterocycles. The topological polar surface area (TPSA) is 52.6 Å². The number of benzene rings is 2. The summed E-state index contributed by atoms with van der Waals surface area (Å²) in [6.45, 7) is 3.67. The third-order valence-corrected chi connectivity index (χ3v) is 5.16. The van der Waals surface area contributed by atoms with Gasteiger partial charge in [-0.3, -0.25) is 0 Å². The smallest absolute Gasteiger partial charge is 0.340 e. The molecule has 116 valence electrons. The van der Waals surface area contributed by atoms with Crippen molar-refractivity contribution >= 4 is 26.0 Å². The number of hydrogen-bond donors (Lipinski definition) is 0. The van der Waals surface area contributed by atoms with Gasteiger partial charge >= 0.3 is 10.1 Å². The standard InChI is InChI=1S/C16H15BrO4S/c1-3-6-12-9-10-14(15(11-12)20-2)21-22(18,19)16-8-5-4-7-13(16)17/h3-5,7-11H,1,6H2,2H3. The lowest BCUT2D eigenvalue weighted by Gasteiger charge is -2.12. The maximum absolute atomic E-state index is 12.4. The zero-order chi connectivity index (χ0) is 16.2. The van der Waals surface area contributed by atoms with E-state index in [1.165, 1.54) is 13.2 Å². The van der Waals surface area contributed by atoms with Crippen LogP contribution in [0.2, 0.25) is 0 Å². The Kier molecular flexibility index (Phi) is 5.26. The third kappa shape index (κ3) is 3.69. The first-order chi connectivity index (χ1) is 10.5. The summed E-state index contributed by atoms with van der Waals surface area (Å²) in [6, 6.07) is 11.5. The first kappa shape index (κ1) is 16.6. The quantitative estimate of drug-likeness (QED) is 0.560. The number of rotatable bonds is 6. The highest BCUT2D eigenvalue weighted by Crippen LogP contribution is 2.32. The van der Waals surface area contributed by atoms with Crippen molar-refractivity contribution in [2.24, 2.45) is 0 Å². The molecule has 0 bridgehead atoms. The molecule has 2 aromatic rings. The summed E-state index contributed by atoms with van der Waals surface area (Å²) >= 11 is 3.21. The fraction of sp³-hybridized carbons (Fsp3) is 0.125. The van der Waals surface area contributed by atoms with E-state index in [1.54, 1.807) is 42.5 Å². The zero-order valence-electron chi connectivity index (χ0n) is 12.0. The highest BCUT2D eigenvalue weighted by Gasteiger charge is 2.21. The van der Waals surface area contributed by atoms with Gasteiger partial charge in [-0.2, -0.15) is 8.42 Å². The van der Waals surface area contributed by atoms with Crippen LogP contribution >= 0.6 is 15.9 Å². The molecule has 0 spiro atoms. The van der Waals surface area contributed by atoms with Gasteiger partial charge in [0.15, 0.2) is 11.5 Å². The van der Waals surface area contributed by atoms with Gasteiger partial charge in [-0.1, -0.05) is 24.3 Å². The summed E-state index contributed by atoms with van der Waals surface area (Å²) in [6.07, 6.45) is 2.42. The molecule has 0 aromatic heterocycles. The van der Waals surface area contributed by atoms with Gasteiger partial charge in [0.05, 0.1) is 7.11 Å². The second-order valence-corrected chi connectivity index (χ2v) is 6.81. The second kappa shape index (κ2) is 6.98. The van der Waals surface area contributed by atoms with Crippen molar-refractivity contribution in [1.82, 2.24) is 0 Å². The Labute approximate surface area is 138 Å². The lowest BCUT2D eigenvalue weighted by Crippen LogP contribution is -2.11. The van der Waals surface area contributed by atoms with Crippen LogP contribution in [0.3, 0.4) is 0 Å². The highest BCUT2D eigenvalue weighted by molar-refractivity contribution is 9.10. The Balaban J connectivity index is 2.37. The molecule has 0 aliphatic carbocycles.